The van der Waals surface area contributed by atoms with Crippen LogP contribution in [0.2, 0.25) is 0 Å². The van der Waals surface area contributed by atoms with Crippen molar-refractivity contribution in [1.82, 2.24) is 0 Å². The van der Waals surface area contributed by atoms with Crippen LogP contribution in [0.5, 0.6) is 0 Å². The molecule has 1 heteroatoms. The molecule has 64 valence electrons. The summed E-state index contributed by atoms with van der Waals surface area (Å²) in [7, 11) is 0. The molecule has 1 fully saturated rings. The molecule has 0 radical (unpaired) electrons. The summed E-state index contributed by atoms with van der Waals surface area (Å²) >= 11 is 0. The van der Waals surface area contributed by atoms with Gasteiger partial charge < -0.3 is 5.11 Å². The van der Waals surface area contributed by atoms with Crippen molar-refractivity contribution < 1.29 is 5.11 Å². The fourth-order valence-corrected chi connectivity index (χ4v) is 1.75. The zero-order valence-electron chi connectivity index (χ0n) is 7.51. The van der Waals surface area contributed by atoms with E-state index in [-0.39, 0.29) is 6.10 Å². The second-order valence-electron chi connectivity index (χ2n) is 3.90. The standard InChI is InChI=1S/C10H18O/c1-7(2)9-5-4-8(3)10(11)6-9/h8-11H,1,4-6H2,2-3H3/t8-,9-,10+/m0/s1. The number of hydrogen-bond donors (Lipinski definition) is 1. The Morgan fingerprint density at radius 2 is 2.09 bits per heavy atom. The summed E-state index contributed by atoms with van der Waals surface area (Å²) in [4.78, 5) is 0. The second kappa shape index (κ2) is 3.40. The van der Waals surface area contributed by atoms with Crippen molar-refractivity contribution in [2.45, 2.75) is 39.2 Å². The smallest absolute Gasteiger partial charge is 0.0571 e. The molecule has 1 rings (SSSR count). The number of hydrogen-bond acceptors (Lipinski definition) is 1. The van der Waals surface area contributed by atoms with Crippen LogP contribution >= 0.6 is 0 Å². The Bertz CT molecular complexity index is 151. The first kappa shape index (κ1) is 8.79. The van der Waals surface area contributed by atoms with Crippen LogP contribution in [-0.4, -0.2) is 11.2 Å². The van der Waals surface area contributed by atoms with E-state index < -0.39 is 0 Å². The maximum atomic E-state index is 9.56. The van der Waals surface area contributed by atoms with Crippen LogP contribution in [-0.2, 0) is 0 Å². The van der Waals surface area contributed by atoms with Gasteiger partial charge in [-0.15, -0.1) is 0 Å². The highest BCUT2D eigenvalue weighted by Crippen LogP contribution is 2.32. The molecule has 0 aromatic heterocycles. The summed E-state index contributed by atoms with van der Waals surface area (Å²) in [5.41, 5.74) is 1.23. The number of allylic oxidation sites excluding steroid dienone is 1. The lowest BCUT2D eigenvalue weighted by Gasteiger charge is -2.31. The Hall–Kier alpha value is -0.300. The molecule has 0 heterocycles. The summed E-state index contributed by atoms with van der Waals surface area (Å²) in [6, 6.07) is 0. The highest BCUT2D eigenvalue weighted by atomic mass is 16.3. The molecule has 0 aliphatic heterocycles. The molecule has 1 saturated carbocycles. The first-order chi connectivity index (χ1) is 5.11. The molecule has 0 unspecified atom stereocenters. The predicted octanol–water partition coefficient (Wildman–Crippen LogP) is 2.36. The Morgan fingerprint density at radius 3 is 2.55 bits per heavy atom. The highest BCUT2D eigenvalue weighted by Gasteiger charge is 2.25. The minimum atomic E-state index is -0.0922. The van der Waals surface area contributed by atoms with Crippen molar-refractivity contribution in [3.05, 3.63) is 12.2 Å². The van der Waals surface area contributed by atoms with Gasteiger partial charge in [0, 0.05) is 0 Å². The minimum absolute atomic E-state index is 0.0922. The molecule has 3 atom stereocenters. The second-order valence-corrected chi connectivity index (χ2v) is 3.90. The fraction of sp³-hybridized carbons (Fsp3) is 0.800. The van der Waals surface area contributed by atoms with Gasteiger partial charge in [0.15, 0.2) is 0 Å². The fourth-order valence-electron chi connectivity index (χ4n) is 1.75. The van der Waals surface area contributed by atoms with Crippen molar-refractivity contribution in [3.8, 4) is 0 Å². The van der Waals surface area contributed by atoms with Gasteiger partial charge in [0.2, 0.25) is 0 Å². The SMILES string of the molecule is C=C(C)[C@H]1CC[C@H](C)[C@H](O)C1. The van der Waals surface area contributed by atoms with Gasteiger partial charge in [-0.2, -0.15) is 0 Å². The largest absolute Gasteiger partial charge is 0.393 e. The van der Waals surface area contributed by atoms with Gasteiger partial charge in [0.25, 0.3) is 0 Å². The van der Waals surface area contributed by atoms with Crippen molar-refractivity contribution in [2.75, 3.05) is 0 Å². The topological polar surface area (TPSA) is 20.2 Å². The van der Waals surface area contributed by atoms with Gasteiger partial charge in [0.05, 0.1) is 6.10 Å². The lowest BCUT2D eigenvalue weighted by molar-refractivity contribution is 0.0614. The lowest BCUT2D eigenvalue weighted by Crippen LogP contribution is -2.27. The molecule has 1 aliphatic rings. The first-order valence-corrected chi connectivity index (χ1v) is 4.44. The van der Waals surface area contributed by atoms with Gasteiger partial charge in [-0.1, -0.05) is 19.1 Å². The molecule has 0 aromatic carbocycles. The van der Waals surface area contributed by atoms with Crippen LogP contribution in [0.1, 0.15) is 33.1 Å². The van der Waals surface area contributed by atoms with E-state index >= 15 is 0 Å². The lowest BCUT2D eigenvalue weighted by atomic mass is 9.78. The van der Waals surface area contributed by atoms with Gasteiger partial charge in [-0.3, -0.25) is 0 Å². The molecule has 1 nitrogen and oxygen atoms in total. The Balaban J connectivity index is 2.46. The van der Waals surface area contributed by atoms with E-state index in [1.807, 2.05) is 0 Å². The monoisotopic (exact) mass is 154 g/mol. The molecule has 0 amide bonds. The molecular weight excluding hydrogens is 136 g/mol. The Morgan fingerprint density at radius 1 is 1.45 bits per heavy atom. The van der Waals surface area contributed by atoms with Crippen LogP contribution in [0, 0.1) is 11.8 Å². The van der Waals surface area contributed by atoms with E-state index in [4.69, 9.17) is 0 Å². The van der Waals surface area contributed by atoms with E-state index in [2.05, 4.69) is 20.4 Å². The first-order valence-electron chi connectivity index (χ1n) is 4.44. The molecule has 0 spiro atoms. The van der Waals surface area contributed by atoms with Gasteiger partial charge >= 0.3 is 0 Å². The molecule has 1 N–H and O–H groups in total. The Kier molecular flexibility index (Phi) is 2.72. The van der Waals surface area contributed by atoms with Crippen molar-refractivity contribution in [2.24, 2.45) is 11.8 Å². The van der Waals surface area contributed by atoms with Gasteiger partial charge in [-0.05, 0) is 38.0 Å². The molecule has 11 heavy (non-hydrogen) atoms. The summed E-state index contributed by atoms with van der Waals surface area (Å²) < 4.78 is 0. The van der Waals surface area contributed by atoms with Crippen molar-refractivity contribution in [3.63, 3.8) is 0 Å². The summed E-state index contributed by atoms with van der Waals surface area (Å²) in [6.45, 7) is 8.11. The van der Waals surface area contributed by atoms with E-state index in [1.54, 1.807) is 0 Å². The van der Waals surface area contributed by atoms with Crippen molar-refractivity contribution in [1.29, 1.82) is 0 Å². The average molecular weight is 154 g/mol. The van der Waals surface area contributed by atoms with Crippen LogP contribution < -0.4 is 0 Å². The summed E-state index contributed by atoms with van der Waals surface area (Å²) in [5.74, 6) is 1.06. The van der Waals surface area contributed by atoms with E-state index in [9.17, 15) is 5.11 Å². The third-order valence-corrected chi connectivity index (χ3v) is 2.85. The normalized spacial score (nSPS) is 38.6. The van der Waals surface area contributed by atoms with Crippen LogP contribution in [0.25, 0.3) is 0 Å². The van der Waals surface area contributed by atoms with Gasteiger partial charge in [0.1, 0.15) is 0 Å². The average Bonchev–Trinajstić information content (AvgIpc) is 1.94. The third-order valence-electron chi connectivity index (χ3n) is 2.85. The summed E-state index contributed by atoms with van der Waals surface area (Å²) in [5, 5.41) is 9.56. The number of rotatable bonds is 1. The minimum Gasteiger partial charge on any atom is -0.393 e. The van der Waals surface area contributed by atoms with E-state index in [1.165, 1.54) is 12.0 Å². The van der Waals surface area contributed by atoms with E-state index in [0.717, 1.165) is 12.8 Å². The quantitative estimate of drug-likeness (QED) is 0.575. The van der Waals surface area contributed by atoms with Crippen molar-refractivity contribution >= 4 is 0 Å². The number of aliphatic hydroxyl groups is 1. The molecule has 0 aromatic rings. The predicted molar refractivity (Wildman–Crippen MR) is 47.3 cm³/mol. The number of aliphatic hydroxyl groups excluding tert-OH is 1. The maximum absolute atomic E-state index is 9.56. The maximum Gasteiger partial charge on any atom is 0.0571 e. The van der Waals surface area contributed by atoms with Gasteiger partial charge in [-0.25, -0.2) is 0 Å². The Labute approximate surface area is 69.1 Å². The summed E-state index contributed by atoms with van der Waals surface area (Å²) in [6.07, 6.45) is 3.20. The third kappa shape index (κ3) is 2.06. The zero-order chi connectivity index (χ0) is 8.43. The van der Waals surface area contributed by atoms with Crippen LogP contribution in [0.3, 0.4) is 0 Å². The van der Waals surface area contributed by atoms with Crippen LogP contribution in [0.4, 0.5) is 0 Å². The molecule has 0 saturated heterocycles. The molecule has 0 bridgehead atoms. The van der Waals surface area contributed by atoms with E-state index in [0.29, 0.717) is 11.8 Å². The van der Waals surface area contributed by atoms with Crippen LogP contribution in [0.15, 0.2) is 12.2 Å². The molecular formula is C10H18O. The zero-order valence-corrected chi connectivity index (χ0v) is 7.51. The highest BCUT2D eigenvalue weighted by molar-refractivity contribution is 4.99. The molecule has 1 aliphatic carbocycles.